The summed E-state index contributed by atoms with van der Waals surface area (Å²) >= 11 is 0. The molecule has 0 radical (unpaired) electrons. The van der Waals surface area contributed by atoms with Crippen LogP contribution in [0.25, 0.3) is 0 Å². The number of hydrogen-bond donors (Lipinski definition) is 2. The molecule has 1 heterocycles. The molecule has 112 valence electrons. The Bertz CT molecular complexity index is 714. The molecule has 1 aromatic carbocycles. The molecule has 0 saturated carbocycles. The number of benzene rings is 1. The molecule has 0 amide bonds. The van der Waals surface area contributed by atoms with Gasteiger partial charge in [-0.3, -0.25) is 0 Å². The topological polar surface area (TPSA) is 88.3 Å². The van der Waals surface area contributed by atoms with Gasteiger partial charge in [-0.15, -0.1) is 0 Å². The number of rotatable bonds is 5. The van der Waals surface area contributed by atoms with Crippen molar-refractivity contribution in [2.45, 2.75) is 18.4 Å². The van der Waals surface area contributed by atoms with Crippen molar-refractivity contribution >= 4 is 15.8 Å². The minimum absolute atomic E-state index is 0.136. The van der Waals surface area contributed by atoms with E-state index in [1.54, 1.807) is 7.05 Å². The number of nitrogens with one attached hydrogen (secondary N) is 1. The Labute approximate surface area is 124 Å². The maximum Gasteiger partial charge on any atom is 0.244 e. The van der Waals surface area contributed by atoms with Crippen LogP contribution in [-0.2, 0) is 16.6 Å². The molecule has 2 rings (SSSR count). The highest BCUT2D eigenvalue weighted by Crippen LogP contribution is 2.17. The second kappa shape index (κ2) is 6.21. The second-order valence-electron chi connectivity index (χ2n) is 4.77. The molecule has 2 aromatic rings. The van der Waals surface area contributed by atoms with Gasteiger partial charge in [-0.2, -0.15) is 4.31 Å². The van der Waals surface area contributed by atoms with E-state index in [4.69, 9.17) is 5.84 Å². The Kier molecular flexibility index (Phi) is 4.56. The van der Waals surface area contributed by atoms with E-state index in [0.29, 0.717) is 12.4 Å². The van der Waals surface area contributed by atoms with E-state index in [1.807, 2.05) is 31.2 Å². The SMILES string of the molecule is Cc1cccc(CN(C)S(=O)(=O)c2ccc(NN)nc2)c1. The zero-order valence-electron chi connectivity index (χ0n) is 11.9. The Morgan fingerprint density at radius 2 is 2.05 bits per heavy atom. The Hall–Kier alpha value is -1.96. The van der Waals surface area contributed by atoms with Gasteiger partial charge in [0.25, 0.3) is 0 Å². The van der Waals surface area contributed by atoms with Crippen molar-refractivity contribution in [3.8, 4) is 0 Å². The van der Waals surface area contributed by atoms with E-state index in [0.717, 1.165) is 11.1 Å². The number of pyridine rings is 1. The van der Waals surface area contributed by atoms with E-state index in [-0.39, 0.29) is 4.90 Å². The molecule has 0 unspecified atom stereocenters. The van der Waals surface area contributed by atoms with Gasteiger partial charge >= 0.3 is 0 Å². The first-order valence-electron chi connectivity index (χ1n) is 6.38. The number of nitrogen functional groups attached to an aromatic ring is 1. The zero-order chi connectivity index (χ0) is 15.5. The fourth-order valence-corrected chi connectivity index (χ4v) is 3.06. The molecule has 0 aliphatic heterocycles. The van der Waals surface area contributed by atoms with E-state index in [1.165, 1.54) is 22.6 Å². The van der Waals surface area contributed by atoms with Crippen LogP contribution >= 0.6 is 0 Å². The molecule has 21 heavy (non-hydrogen) atoms. The molecule has 6 nitrogen and oxygen atoms in total. The fourth-order valence-electron chi connectivity index (χ4n) is 1.95. The highest BCUT2D eigenvalue weighted by atomic mass is 32.2. The van der Waals surface area contributed by atoms with Gasteiger partial charge in [0, 0.05) is 19.8 Å². The summed E-state index contributed by atoms with van der Waals surface area (Å²) in [6, 6.07) is 10.7. The molecule has 7 heteroatoms. The minimum atomic E-state index is -3.57. The van der Waals surface area contributed by atoms with Crippen molar-refractivity contribution in [2.75, 3.05) is 12.5 Å². The largest absolute Gasteiger partial charge is 0.308 e. The van der Waals surface area contributed by atoms with Crippen molar-refractivity contribution in [1.29, 1.82) is 0 Å². The van der Waals surface area contributed by atoms with Gasteiger partial charge < -0.3 is 5.43 Å². The third-order valence-electron chi connectivity index (χ3n) is 3.08. The van der Waals surface area contributed by atoms with Crippen molar-refractivity contribution in [1.82, 2.24) is 9.29 Å². The van der Waals surface area contributed by atoms with E-state index < -0.39 is 10.0 Å². The van der Waals surface area contributed by atoms with Gasteiger partial charge in [0.15, 0.2) is 0 Å². The van der Waals surface area contributed by atoms with Crippen LogP contribution in [0.3, 0.4) is 0 Å². The van der Waals surface area contributed by atoms with Crippen LogP contribution in [0.15, 0.2) is 47.5 Å². The molecular weight excluding hydrogens is 288 g/mol. The van der Waals surface area contributed by atoms with Crippen LogP contribution in [0.1, 0.15) is 11.1 Å². The standard InChI is InChI=1S/C14H18N4O2S/c1-11-4-3-5-12(8-11)10-18(2)21(19,20)13-6-7-14(17-15)16-9-13/h3-9H,10,15H2,1-2H3,(H,16,17). The molecular formula is C14H18N4O2S. The molecule has 0 aliphatic rings. The maximum atomic E-state index is 12.5. The first-order chi connectivity index (χ1) is 9.93. The lowest BCUT2D eigenvalue weighted by molar-refractivity contribution is 0.466. The number of aromatic nitrogens is 1. The van der Waals surface area contributed by atoms with Crippen LogP contribution in [0, 0.1) is 6.92 Å². The van der Waals surface area contributed by atoms with Gasteiger partial charge in [0.2, 0.25) is 10.0 Å². The van der Waals surface area contributed by atoms with Crippen molar-refractivity contribution in [3.05, 3.63) is 53.7 Å². The second-order valence-corrected chi connectivity index (χ2v) is 6.82. The van der Waals surface area contributed by atoms with Crippen molar-refractivity contribution in [3.63, 3.8) is 0 Å². The third-order valence-corrected chi connectivity index (χ3v) is 4.87. The normalized spacial score (nSPS) is 11.6. The monoisotopic (exact) mass is 306 g/mol. The van der Waals surface area contributed by atoms with Gasteiger partial charge in [0.1, 0.15) is 10.7 Å². The predicted octanol–water partition coefficient (Wildman–Crippen LogP) is 1.50. The van der Waals surface area contributed by atoms with Crippen molar-refractivity contribution in [2.24, 2.45) is 5.84 Å². The molecule has 3 N–H and O–H groups in total. The number of anilines is 1. The Balaban J connectivity index is 2.21. The van der Waals surface area contributed by atoms with Gasteiger partial charge in [-0.25, -0.2) is 19.2 Å². The highest BCUT2D eigenvalue weighted by Gasteiger charge is 2.21. The summed E-state index contributed by atoms with van der Waals surface area (Å²) in [6.45, 7) is 2.28. The number of sulfonamides is 1. The fraction of sp³-hybridized carbons (Fsp3) is 0.214. The number of aryl methyl sites for hydroxylation is 1. The summed E-state index contributed by atoms with van der Waals surface area (Å²) in [5.74, 6) is 5.63. The molecule has 0 bridgehead atoms. The third kappa shape index (κ3) is 3.57. The maximum absolute atomic E-state index is 12.5. The lowest BCUT2D eigenvalue weighted by Crippen LogP contribution is -2.26. The van der Waals surface area contributed by atoms with E-state index in [9.17, 15) is 8.42 Å². The molecule has 0 spiro atoms. The summed E-state index contributed by atoms with van der Waals surface area (Å²) in [7, 11) is -2.02. The summed E-state index contributed by atoms with van der Waals surface area (Å²) in [4.78, 5) is 4.06. The van der Waals surface area contributed by atoms with Crippen molar-refractivity contribution < 1.29 is 8.42 Å². The first kappa shape index (κ1) is 15.4. The highest BCUT2D eigenvalue weighted by molar-refractivity contribution is 7.89. The smallest absolute Gasteiger partial charge is 0.244 e. The summed E-state index contributed by atoms with van der Waals surface area (Å²) in [6.07, 6.45) is 1.29. The van der Waals surface area contributed by atoms with Gasteiger partial charge in [0.05, 0.1) is 0 Å². The molecule has 0 saturated heterocycles. The molecule has 1 aromatic heterocycles. The van der Waals surface area contributed by atoms with Crippen LogP contribution in [0.4, 0.5) is 5.82 Å². The summed E-state index contributed by atoms with van der Waals surface area (Å²) < 4.78 is 26.2. The lowest BCUT2D eigenvalue weighted by atomic mass is 10.1. The molecule has 0 atom stereocenters. The zero-order valence-corrected chi connectivity index (χ0v) is 12.8. The first-order valence-corrected chi connectivity index (χ1v) is 7.82. The van der Waals surface area contributed by atoms with Crippen LogP contribution in [0.5, 0.6) is 0 Å². The van der Waals surface area contributed by atoms with Gasteiger partial charge in [-0.05, 0) is 24.6 Å². The number of hydrazine groups is 1. The Morgan fingerprint density at radius 1 is 1.29 bits per heavy atom. The lowest BCUT2D eigenvalue weighted by Gasteiger charge is -2.17. The molecule has 0 aliphatic carbocycles. The molecule has 0 fully saturated rings. The van der Waals surface area contributed by atoms with E-state index in [2.05, 4.69) is 10.4 Å². The van der Waals surface area contributed by atoms with Crippen LogP contribution < -0.4 is 11.3 Å². The summed E-state index contributed by atoms with van der Waals surface area (Å²) in [5.41, 5.74) is 4.40. The predicted molar refractivity (Wildman–Crippen MR) is 81.9 cm³/mol. The van der Waals surface area contributed by atoms with E-state index >= 15 is 0 Å². The number of nitrogens with zero attached hydrogens (tertiary/aromatic N) is 2. The van der Waals surface area contributed by atoms with Crippen LogP contribution in [-0.4, -0.2) is 24.8 Å². The van der Waals surface area contributed by atoms with Gasteiger partial charge in [-0.1, -0.05) is 29.8 Å². The number of nitrogens with two attached hydrogens (primary N) is 1. The number of hydrogen-bond acceptors (Lipinski definition) is 5. The summed E-state index contributed by atoms with van der Waals surface area (Å²) in [5, 5.41) is 0. The minimum Gasteiger partial charge on any atom is -0.308 e. The average Bonchev–Trinajstić information content (AvgIpc) is 2.47. The Morgan fingerprint density at radius 3 is 2.62 bits per heavy atom. The van der Waals surface area contributed by atoms with Crippen LogP contribution in [0.2, 0.25) is 0 Å². The quantitative estimate of drug-likeness (QED) is 0.645. The average molecular weight is 306 g/mol.